The van der Waals surface area contributed by atoms with E-state index < -0.39 is 54.8 Å². The van der Waals surface area contributed by atoms with E-state index in [1.807, 2.05) is 11.8 Å². The Balaban J connectivity index is 1.61. The number of rotatable bonds is 21. The lowest BCUT2D eigenvalue weighted by atomic mass is 10.0. The number of amides is 6. The van der Waals surface area contributed by atoms with Crippen LogP contribution >= 0.6 is 11.8 Å². The van der Waals surface area contributed by atoms with E-state index in [1.54, 1.807) is 13.8 Å². The lowest BCUT2D eigenvalue weighted by Crippen LogP contribution is -2.56. The van der Waals surface area contributed by atoms with E-state index >= 15 is 0 Å². The smallest absolute Gasteiger partial charge is 0.315 e. The molecular weight excluding hydrogens is 623 g/mol. The van der Waals surface area contributed by atoms with Gasteiger partial charge in [0.25, 0.3) is 0 Å². The molecule has 2 aliphatic rings. The van der Waals surface area contributed by atoms with E-state index in [4.69, 9.17) is 0 Å². The Morgan fingerprint density at radius 2 is 1.61 bits per heavy atom. The van der Waals surface area contributed by atoms with Crippen molar-refractivity contribution >= 4 is 53.2 Å². The van der Waals surface area contributed by atoms with Gasteiger partial charge in [0, 0.05) is 30.4 Å². The summed E-state index contributed by atoms with van der Waals surface area (Å²) in [7, 11) is 1.09. The van der Waals surface area contributed by atoms with E-state index in [0.717, 1.165) is 32.1 Å². The highest BCUT2D eigenvalue weighted by molar-refractivity contribution is 8.00. The van der Waals surface area contributed by atoms with Crippen LogP contribution in [0.25, 0.3) is 0 Å². The van der Waals surface area contributed by atoms with Gasteiger partial charge in [0.15, 0.2) is 5.78 Å². The van der Waals surface area contributed by atoms with Crippen molar-refractivity contribution in [2.45, 2.75) is 114 Å². The highest BCUT2D eigenvalue weighted by Gasteiger charge is 2.42. The normalized spacial score (nSPS) is 20.4. The minimum atomic E-state index is -1.44. The number of hydrogen-bond acceptors (Lipinski definition) is 9. The van der Waals surface area contributed by atoms with Crippen LogP contribution in [0.15, 0.2) is 0 Å². The van der Waals surface area contributed by atoms with Crippen LogP contribution in [0.1, 0.15) is 78.6 Å². The second-order valence-corrected chi connectivity index (χ2v) is 13.3. The second-order valence-electron chi connectivity index (χ2n) is 12.0. The number of carbonyl (C=O) groups is 7. The third kappa shape index (κ3) is 13.1. The maximum Gasteiger partial charge on any atom is 0.315 e. The third-order valence-corrected chi connectivity index (χ3v) is 9.45. The minimum absolute atomic E-state index is 0.00720. The van der Waals surface area contributed by atoms with Crippen molar-refractivity contribution in [3.05, 3.63) is 0 Å². The van der Waals surface area contributed by atoms with Gasteiger partial charge in [-0.25, -0.2) is 9.18 Å². The molecule has 260 valence electrons. The quantitative estimate of drug-likeness (QED) is 0.0575. The Labute approximate surface area is 273 Å². The number of Topliss-reactive ketones (excluding diaryl/α,β-unsaturated/α-hetero) is 1. The van der Waals surface area contributed by atoms with Crippen LogP contribution < -0.4 is 31.9 Å². The van der Waals surface area contributed by atoms with Gasteiger partial charge < -0.3 is 36.6 Å². The molecule has 2 fully saturated rings. The van der Waals surface area contributed by atoms with Crippen LogP contribution in [0.5, 0.6) is 0 Å². The summed E-state index contributed by atoms with van der Waals surface area (Å²) >= 11 is 1.86. The molecule has 0 aliphatic carbocycles. The van der Waals surface area contributed by atoms with Gasteiger partial charge in [-0.3, -0.25) is 28.8 Å². The summed E-state index contributed by atoms with van der Waals surface area (Å²) in [6.45, 7) is 3.95. The average Bonchev–Trinajstić information content (AvgIpc) is 3.57. The van der Waals surface area contributed by atoms with Crippen LogP contribution in [0.4, 0.5) is 9.18 Å². The molecule has 6 atom stereocenters. The molecule has 0 aromatic rings. The zero-order valence-corrected chi connectivity index (χ0v) is 27.9. The zero-order chi connectivity index (χ0) is 34.2. The number of alkyl halides is 1. The van der Waals surface area contributed by atoms with Gasteiger partial charge in [-0.2, -0.15) is 11.8 Å². The summed E-state index contributed by atoms with van der Waals surface area (Å²) in [6.07, 6.45) is 4.70. The number of carbonyl (C=O) groups excluding carboxylic acids is 7. The molecule has 6 amide bonds. The van der Waals surface area contributed by atoms with Gasteiger partial charge in [0.05, 0.1) is 25.6 Å². The first-order valence-corrected chi connectivity index (χ1v) is 16.9. The molecule has 2 rings (SSSR count). The number of urea groups is 1. The van der Waals surface area contributed by atoms with Crippen molar-refractivity contribution < 1.29 is 42.7 Å². The van der Waals surface area contributed by atoms with E-state index in [-0.39, 0.29) is 42.3 Å². The molecule has 0 spiro atoms. The third-order valence-electron chi connectivity index (χ3n) is 7.94. The van der Waals surface area contributed by atoms with E-state index in [0.29, 0.717) is 37.5 Å². The molecule has 0 aromatic carbocycles. The Kier molecular flexibility index (Phi) is 16.8. The van der Waals surface area contributed by atoms with Gasteiger partial charge in [0.2, 0.25) is 23.6 Å². The van der Waals surface area contributed by atoms with Crippen LogP contribution in [0.2, 0.25) is 0 Å². The first-order valence-electron chi connectivity index (χ1n) is 15.9. The van der Waals surface area contributed by atoms with Crippen molar-refractivity contribution in [2.75, 3.05) is 26.1 Å². The first kappa shape index (κ1) is 38.8. The number of ketones is 1. The van der Waals surface area contributed by atoms with Gasteiger partial charge in [0.1, 0.15) is 24.8 Å². The van der Waals surface area contributed by atoms with Crippen molar-refractivity contribution in [3.63, 3.8) is 0 Å². The molecule has 0 radical (unpaired) electrons. The fourth-order valence-corrected chi connectivity index (χ4v) is 6.76. The standard InChI is InChI=1S/C30H49FN6O8S/c1-17(2)26(29(43)33-18(3)28(42)34-19(21(38)15-31)14-25(41)45-4)36-24(40)12-6-5-9-13-32-23(39)11-8-7-10-22-27-20(16-46-22)35-30(44)37-27/h17-20,22,26-27H,5-16H2,1-4H3,(H,32,39)(H,33,43)(H,34,42)(H,36,40)(H2,35,37,44)/t18-,19-,20-,22-,26-,27-/m0/s1. The largest absolute Gasteiger partial charge is 0.469 e. The molecule has 6 N–H and O–H groups in total. The number of nitrogens with one attached hydrogen (secondary N) is 6. The molecule has 46 heavy (non-hydrogen) atoms. The maximum atomic E-state index is 12.9. The summed E-state index contributed by atoms with van der Waals surface area (Å²) in [4.78, 5) is 84.9. The molecule has 16 heteroatoms. The fraction of sp³-hybridized carbons (Fsp3) is 0.767. The Bertz CT molecular complexity index is 1100. The molecule has 0 unspecified atom stereocenters. The van der Waals surface area contributed by atoms with Gasteiger partial charge in [-0.1, -0.05) is 26.7 Å². The first-order chi connectivity index (χ1) is 21.9. The van der Waals surface area contributed by atoms with E-state index in [1.165, 1.54) is 6.92 Å². The Morgan fingerprint density at radius 1 is 0.913 bits per heavy atom. The van der Waals surface area contributed by atoms with Crippen molar-refractivity contribution in [1.82, 2.24) is 31.9 Å². The summed E-state index contributed by atoms with van der Waals surface area (Å²) in [5.74, 6) is -2.95. The highest BCUT2D eigenvalue weighted by Crippen LogP contribution is 2.33. The van der Waals surface area contributed by atoms with Crippen LogP contribution in [0.3, 0.4) is 0 Å². The fourth-order valence-electron chi connectivity index (χ4n) is 5.21. The zero-order valence-electron chi connectivity index (χ0n) is 27.1. The number of ether oxygens (including phenoxy) is 1. The molecule has 0 bridgehead atoms. The molecular formula is C30H49FN6O8S. The lowest BCUT2D eigenvalue weighted by molar-refractivity contribution is -0.143. The molecule has 2 aliphatic heterocycles. The molecule has 14 nitrogen and oxygen atoms in total. The average molecular weight is 673 g/mol. The Hall–Kier alpha value is -3.43. The highest BCUT2D eigenvalue weighted by atomic mass is 32.2. The van der Waals surface area contributed by atoms with Gasteiger partial charge >= 0.3 is 12.0 Å². The Morgan fingerprint density at radius 3 is 2.28 bits per heavy atom. The lowest BCUT2D eigenvalue weighted by Gasteiger charge is -2.24. The number of unbranched alkanes of at least 4 members (excludes halogenated alkanes) is 3. The summed E-state index contributed by atoms with van der Waals surface area (Å²) in [6, 6.07) is -3.22. The molecule has 2 heterocycles. The van der Waals surface area contributed by atoms with Crippen molar-refractivity contribution in [1.29, 1.82) is 0 Å². The monoisotopic (exact) mass is 672 g/mol. The summed E-state index contributed by atoms with van der Waals surface area (Å²) in [5, 5.41) is 16.6. The molecule has 0 aromatic heterocycles. The number of hydrogen-bond donors (Lipinski definition) is 6. The maximum absolute atomic E-state index is 12.9. The summed E-state index contributed by atoms with van der Waals surface area (Å²) in [5.41, 5.74) is 0. The van der Waals surface area contributed by atoms with E-state index in [2.05, 4.69) is 36.6 Å². The number of halogens is 1. The van der Waals surface area contributed by atoms with Crippen LogP contribution in [-0.2, 0) is 33.5 Å². The summed E-state index contributed by atoms with van der Waals surface area (Å²) < 4.78 is 17.4. The predicted octanol–water partition coefficient (Wildman–Crippen LogP) is 0.621. The topological polar surface area (TPSA) is 201 Å². The van der Waals surface area contributed by atoms with Crippen molar-refractivity contribution in [3.8, 4) is 0 Å². The molecule has 0 saturated carbocycles. The van der Waals surface area contributed by atoms with Crippen LogP contribution in [-0.4, -0.2) is 103 Å². The second kappa shape index (κ2) is 19.9. The minimum Gasteiger partial charge on any atom is -0.469 e. The van der Waals surface area contributed by atoms with Gasteiger partial charge in [-0.15, -0.1) is 0 Å². The SMILES string of the molecule is COC(=O)C[C@H](NC(=O)[C@H](C)NC(=O)[C@@H](NC(=O)CCCCCNC(=O)CCCC[C@@H]1SC[C@@H]2NC(=O)N[C@@H]21)C(C)C)C(=O)CF. The number of methoxy groups -OCH3 is 1. The predicted molar refractivity (Wildman–Crippen MR) is 169 cm³/mol. The van der Waals surface area contributed by atoms with Crippen molar-refractivity contribution in [2.24, 2.45) is 5.92 Å². The van der Waals surface area contributed by atoms with E-state index in [9.17, 15) is 38.0 Å². The van der Waals surface area contributed by atoms with Crippen LogP contribution in [0, 0.1) is 5.92 Å². The number of esters is 1. The molecule has 2 saturated heterocycles. The number of thioether (sulfide) groups is 1. The van der Waals surface area contributed by atoms with Gasteiger partial charge in [-0.05, 0) is 38.5 Å². The number of fused-ring (bicyclic) bond motifs is 1.